The van der Waals surface area contributed by atoms with Gasteiger partial charge in [-0.3, -0.25) is 0 Å². The third-order valence-electron chi connectivity index (χ3n) is 3.06. The van der Waals surface area contributed by atoms with E-state index in [2.05, 4.69) is 29.8 Å². The Morgan fingerprint density at radius 3 is 2.68 bits per heavy atom. The Bertz CT molecular complexity index is 511. The summed E-state index contributed by atoms with van der Waals surface area (Å²) in [6, 6.07) is 10.5. The van der Waals surface area contributed by atoms with Gasteiger partial charge < -0.3 is 14.8 Å². The van der Waals surface area contributed by atoms with Gasteiger partial charge in [0.1, 0.15) is 11.5 Å². The maximum Gasteiger partial charge on any atom is 0.127 e. The Hall–Kier alpha value is -1.52. The number of hydrogen-bond donors (Lipinski definition) is 1. The molecule has 0 bridgehead atoms. The van der Waals surface area contributed by atoms with Gasteiger partial charge in [-0.25, -0.2) is 0 Å². The average Bonchev–Trinajstić information content (AvgIpc) is 2.98. The molecule has 2 rings (SSSR count). The highest BCUT2D eigenvalue weighted by molar-refractivity contribution is 7.10. The van der Waals surface area contributed by atoms with E-state index in [1.54, 1.807) is 25.6 Å². The van der Waals surface area contributed by atoms with E-state index >= 15 is 0 Å². The predicted molar refractivity (Wildman–Crippen MR) is 79.1 cm³/mol. The Balaban J connectivity index is 2.03. The standard InChI is InChI=1S/C15H19NO2S/c1-11(15-5-4-8-19-15)16-10-12-6-7-13(17-2)9-14(12)18-3/h4-9,11,16H,10H2,1-3H3/t11-/m1/s1. The fourth-order valence-corrected chi connectivity index (χ4v) is 2.66. The lowest BCUT2D eigenvalue weighted by Gasteiger charge is -2.15. The lowest BCUT2D eigenvalue weighted by atomic mass is 10.1. The average molecular weight is 277 g/mol. The Morgan fingerprint density at radius 2 is 2.05 bits per heavy atom. The summed E-state index contributed by atoms with van der Waals surface area (Å²) in [4.78, 5) is 1.34. The molecule has 2 aromatic rings. The zero-order chi connectivity index (χ0) is 13.7. The molecule has 1 aromatic carbocycles. The van der Waals surface area contributed by atoms with Crippen LogP contribution in [0.15, 0.2) is 35.7 Å². The van der Waals surface area contributed by atoms with Crippen molar-refractivity contribution in [3.63, 3.8) is 0 Å². The maximum atomic E-state index is 5.39. The van der Waals surface area contributed by atoms with Crippen LogP contribution in [0.1, 0.15) is 23.4 Å². The van der Waals surface area contributed by atoms with E-state index in [4.69, 9.17) is 9.47 Å². The summed E-state index contributed by atoms with van der Waals surface area (Å²) in [5.41, 5.74) is 1.13. The minimum absolute atomic E-state index is 0.340. The highest BCUT2D eigenvalue weighted by Gasteiger charge is 2.09. The molecule has 0 spiro atoms. The number of nitrogens with one attached hydrogen (secondary N) is 1. The first-order valence-corrected chi connectivity index (χ1v) is 7.10. The van der Waals surface area contributed by atoms with Gasteiger partial charge in [-0.15, -0.1) is 11.3 Å². The lowest BCUT2D eigenvalue weighted by molar-refractivity contribution is 0.389. The van der Waals surface area contributed by atoms with Crippen molar-refractivity contribution in [2.24, 2.45) is 0 Å². The molecule has 1 heterocycles. The molecule has 0 saturated carbocycles. The Morgan fingerprint density at radius 1 is 1.21 bits per heavy atom. The quantitative estimate of drug-likeness (QED) is 0.875. The number of benzene rings is 1. The van der Waals surface area contributed by atoms with Crippen LogP contribution < -0.4 is 14.8 Å². The molecule has 0 aliphatic carbocycles. The summed E-state index contributed by atoms with van der Waals surface area (Å²) in [6.07, 6.45) is 0. The predicted octanol–water partition coefficient (Wildman–Crippen LogP) is 3.62. The number of methoxy groups -OCH3 is 2. The summed E-state index contributed by atoms with van der Waals surface area (Å²) in [7, 11) is 3.34. The van der Waals surface area contributed by atoms with Gasteiger partial charge in [-0.05, 0) is 24.4 Å². The summed E-state index contributed by atoms with van der Waals surface area (Å²) in [5, 5.41) is 5.60. The van der Waals surface area contributed by atoms with Gasteiger partial charge in [0, 0.05) is 29.1 Å². The van der Waals surface area contributed by atoms with E-state index in [0.29, 0.717) is 6.04 Å². The van der Waals surface area contributed by atoms with Gasteiger partial charge in [0.05, 0.1) is 14.2 Å². The number of hydrogen-bond acceptors (Lipinski definition) is 4. The molecule has 3 nitrogen and oxygen atoms in total. The zero-order valence-corrected chi connectivity index (χ0v) is 12.3. The first-order chi connectivity index (χ1) is 9.24. The van der Waals surface area contributed by atoms with Crippen LogP contribution in [-0.2, 0) is 6.54 Å². The second-order valence-corrected chi connectivity index (χ2v) is 5.28. The summed E-state index contributed by atoms with van der Waals surface area (Å²) in [6.45, 7) is 2.94. The van der Waals surface area contributed by atoms with E-state index in [9.17, 15) is 0 Å². The van der Waals surface area contributed by atoms with Crippen LogP contribution in [0.3, 0.4) is 0 Å². The van der Waals surface area contributed by atoms with E-state index < -0.39 is 0 Å². The molecule has 0 aliphatic heterocycles. The van der Waals surface area contributed by atoms with Crippen molar-refractivity contribution >= 4 is 11.3 Å². The number of thiophene rings is 1. The zero-order valence-electron chi connectivity index (χ0n) is 11.5. The van der Waals surface area contributed by atoms with Crippen molar-refractivity contribution in [1.82, 2.24) is 5.32 Å². The molecule has 19 heavy (non-hydrogen) atoms. The van der Waals surface area contributed by atoms with Gasteiger partial charge in [0.15, 0.2) is 0 Å². The highest BCUT2D eigenvalue weighted by atomic mass is 32.1. The Kier molecular flexibility index (Phi) is 4.82. The number of rotatable bonds is 6. The summed E-state index contributed by atoms with van der Waals surface area (Å²) >= 11 is 1.77. The van der Waals surface area contributed by atoms with Crippen LogP contribution in [0, 0.1) is 0 Å². The van der Waals surface area contributed by atoms with Crippen LogP contribution in [0.5, 0.6) is 11.5 Å². The lowest BCUT2D eigenvalue weighted by Crippen LogP contribution is -2.17. The van der Waals surface area contributed by atoms with Crippen LogP contribution in [0.4, 0.5) is 0 Å². The third-order valence-corrected chi connectivity index (χ3v) is 4.12. The third kappa shape index (κ3) is 3.49. The normalized spacial score (nSPS) is 12.2. The second-order valence-electron chi connectivity index (χ2n) is 4.30. The van der Waals surface area contributed by atoms with Gasteiger partial charge in [-0.1, -0.05) is 12.1 Å². The minimum Gasteiger partial charge on any atom is -0.497 e. The molecule has 0 unspecified atom stereocenters. The van der Waals surface area contributed by atoms with Crippen molar-refractivity contribution in [2.75, 3.05) is 14.2 Å². The molecule has 102 valence electrons. The van der Waals surface area contributed by atoms with Gasteiger partial charge in [-0.2, -0.15) is 0 Å². The molecule has 1 aromatic heterocycles. The topological polar surface area (TPSA) is 30.5 Å². The summed E-state index contributed by atoms with van der Waals surface area (Å²) < 4.78 is 10.6. The molecule has 0 saturated heterocycles. The number of ether oxygens (including phenoxy) is 2. The summed E-state index contributed by atoms with van der Waals surface area (Å²) in [5.74, 6) is 1.66. The molecule has 0 fully saturated rings. The molecular weight excluding hydrogens is 258 g/mol. The first-order valence-electron chi connectivity index (χ1n) is 6.22. The molecule has 0 amide bonds. The van der Waals surface area contributed by atoms with Crippen molar-refractivity contribution in [1.29, 1.82) is 0 Å². The van der Waals surface area contributed by atoms with Crippen LogP contribution in [0.25, 0.3) is 0 Å². The highest BCUT2D eigenvalue weighted by Crippen LogP contribution is 2.25. The molecular formula is C15H19NO2S. The van der Waals surface area contributed by atoms with Crippen molar-refractivity contribution in [2.45, 2.75) is 19.5 Å². The SMILES string of the molecule is COc1ccc(CN[C@H](C)c2cccs2)c(OC)c1. The largest absolute Gasteiger partial charge is 0.497 e. The fraction of sp³-hybridized carbons (Fsp3) is 0.333. The van der Waals surface area contributed by atoms with E-state index in [1.807, 2.05) is 18.2 Å². The molecule has 0 radical (unpaired) electrons. The molecule has 1 atom stereocenters. The first kappa shape index (κ1) is 13.9. The van der Waals surface area contributed by atoms with Crippen LogP contribution >= 0.6 is 11.3 Å². The monoisotopic (exact) mass is 277 g/mol. The fourth-order valence-electron chi connectivity index (χ4n) is 1.90. The van der Waals surface area contributed by atoms with Gasteiger partial charge >= 0.3 is 0 Å². The smallest absolute Gasteiger partial charge is 0.127 e. The van der Waals surface area contributed by atoms with Crippen molar-refractivity contribution in [3.05, 3.63) is 46.2 Å². The van der Waals surface area contributed by atoms with Crippen molar-refractivity contribution in [3.8, 4) is 11.5 Å². The van der Waals surface area contributed by atoms with Gasteiger partial charge in [0.2, 0.25) is 0 Å². The van der Waals surface area contributed by atoms with E-state index in [1.165, 1.54) is 4.88 Å². The van der Waals surface area contributed by atoms with E-state index in [0.717, 1.165) is 23.6 Å². The maximum absolute atomic E-state index is 5.39. The van der Waals surface area contributed by atoms with E-state index in [-0.39, 0.29) is 0 Å². The van der Waals surface area contributed by atoms with Crippen LogP contribution in [-0.4, -0.2) is 14.2 Å². The molecule has 0 aliphatic rings. The molecule has 4 heteroatoms. The van der Waals surface area contributed by atoms with Crippen molar-refractivity contribution < 1.29 is 9.47 Å². The van der Waals surface area contributed by atoms with Gasteiger partial charge in [0.25, 0.3) is 0 Å². The second kappa shape index (κ2) is 6.59. The Labute approximate surface area is 118 Å². The minimum atomic E-state index is 0.340. The molecule has 1 N–H and O–H groups in total. The van der Waals surface area contributed by atoms with Crippen LogP contribution in [0.2, 0.25) is 0 Å².